The molecule has 1 aliphatic rings. The molecule has 2 rings (SSSR count). The van der Waals surface area contributed by atoms with E-state index in [1.165, 1.54) is 6.08 Å². The summed E-state index contributed by atoms with van der Waals surface area (Å²) in [7, 11) is -5.78. The summed E-state index contributed by atoms with van der Waals surface area (Å²) in [5.74, 6) is -1.03. The van der Waals surface area contributed by atoms with Gasteiger partial charge in [0.15, 0.2) is 0 Å². The monoisotopic (exact) mass is 282 g/mol. The Labute approximate surface area is 99.2 Å². The molecule has 0 fully saturated rings. The molecule has 0 aliphatic carbocycles. The summed E-state index contributed by atoms with van der Waals surface area (Å²) in [6.07, 6.45) is 3.88. The van der Waals surface area contributed by atoms with Gasteiger partial charge in [-0.2, -0.15) is 26.6 Å². The van der Waals surface area contributed by atoms with Crippen LogP contribution in [0.1, 0.15) is 5.69 Å². The largest absolute Gasteiger partial charge is 0.534 e. The van der Waals surface area contributed by atoms with E-state index >= 15 is 0 Å². The number of hydrogen-bond acceptors (Lipinski definition) is 6. The van der Waals surface area contributed by atoms with Gasteiger partial charge in [-0.3, -0.25) is 0 Å². The van der Waals surface area contributed by atoms with Crippen LogP contribution in [0.4, 0.5) is 13.2 Å². The molecule has 6 nitrogen and oxygen atoms in total. The molecule has 18 heavy (non-hydrogen) atoms. The number of rotatable bonds is 2. The highest BCUT2D eigenvalue weighted by molar-refractivity contribution is 7.87. The molecule has 0 bridgehead atoms. The van der Waals surface area contributed by atoms with E-state index in [9.17, 15) is 21.6 Å². The van der Waals surface area contributed by atoms with Crippen molar-refractivity contribution in [2.45, 2.75) is 5.51 Å². The number of fused-ring (bicyclic) bond motifs is 1. The number of nitrogens with zero attached hydrogens (tertiary/aromatic N) is 2. The van der Waals surface area contributed by atoms with Gasteiger partial charge in [0.25, 0.3) is 5.88 Å². The second-order valence-corrected chi connectivity index (χ2v) is 4.63. The van der Waals surface area contributed by atoms with Crippen molar-refractivity contribution in [3.05, 3.63) is 18.1 Å². The van der Waals surface area contributed by atoms with Crippen LogP contribution in [0.5, 0.6) is 11.6 Å². The zero-order chi connectivity index (χ0) is 13.4. The maximum Gasteiger partial charge on any atom is 0.534 e. The fourth-order valence-corrected chi connectivity index (χ4v) is 1.55. The van der Waals surface area contributed by atoms with E-state index in [0.717, 1.165) is 6.33 Å². The molecule has 1 aliphatic heterocycles. The third-order valence-corrected chi connectivity index (χ3v) is 2.81. The zero-order valence-corrected chi connectivity index (χ0v) is 9.33. The van der Waals surface area contributed by atoms with Crippen molar-refractivity contribution in [1.29, 1.82) is 0 Å². The Bertz CT molecular complexity index is 597. The Morgan fingerprint density at radius 1 is 1.33 bits per heavy atom. The number of ether oxygens (including phenoxy) is 1. The second kappa shape index (κ2) is 4.12. The molecule has 0 saturated heterocycles. The highest BCUT2D eigenvalue weighted by atomic mass is 32.2. The van der Waals surface area contributed by atoms with Crippen LogP contribution in [0, 0.1) is 0 Å². The smallest absolute Gasteiger partial charge is 0.482 e. The van der Waals surface area contributed by atoms with Crippen LogP contribution in [-0.4, -0.2) is 30.5 Å². The number of aromatic nitrogens is 2. The van der Waals surface area contributed by atoms with Crippen molar-refractivity contribution in [3.63, 3.8) is 0 Å². The molecule has 10 heteroatoms. The topological polar surface area (TPSA) is 78.4 Å². The zero-order valence-electron chi connectivity index (χ0n) is 8.51. The van der Waals surface area contributed by atoms with Crippen LogP contribution in [0.15, 0.2) is 12.4 Å². The molecule has 1 aromatic heterocycles. The number of alkyl halides is 3. The first kappa shape index (κ1) is 12.6. The lowest BCUT2D eigenvalue weighted by molar-refractivity contribution is -0.0502. The first-order valence-corrected chi connectivity index (χ1v) is 5.87. The second-order valence-electron chi connectivity index (χ2n) is 3.09. The van der Waals surface area contributed by atoms with E-state index in [2.05, 4.69) is 14.2 Å². The molecule has 98 valence electrons. The Morgan fingerprint density at radius 2 is 2.06 bits per heavy atom. The van der Waals surface area contributed by atoms with E-state index in [-0.39, 0.29) is 18.1 Å². The van der Waals surface area contributed by atoms with Gasteiger partial charge in [0, 0.05) is 0 Å². The van der Waals surface area contributed by atoms with Crippen LogP contribution in [0.2, 0.25) is 0 Å². The van der Waals surface area contributed by atoms with Crippen LogP contribution in [0.25, 0.3) is 6.08 Å². The van der Waals surface area contributed by atoms with Gasteiger partial charge in [0.1, 0.15) is 18.6 Å². The third-order valence-electron chi connectivity index (χ3n) is 1.87. The summed E-state index contributed by atoms with van der Waals surface area (Å²) in [6.45, 7) is 0.0583. The van der Waals surface area contributed by atoms with E-state index in [0.29, 0.717) is 0 Å². The Kier molecular flexibility index (Phi) is 2.89. The van der Waals surface area contributed by atoms with Crippen LogP contribution in [-0.2, 0) is 10.1 Å². The van der Waals surface area contributed by atoms with Crippen molar-refractivity contribution >= 4 is 16.2 Å². The highest BCUT2D eigenvalue weighted by Crippen LogP contribution is 2.34. The maximum atomic E-state index is 12.1. The van der Waals surface area contributed by atoms with Gasteiger partial charge in [-0.15, -0.1) is 0 Å². The number of hydrogen-bond donors (Lipinski definition) is 0. The minimum atomic E-state index is -5.78. The Hall–Kier alpha value is -1.84. The summed E-state index contributed by atoms with van der Waals surface area (Å²) in [5, 5.41) is 0. The summed E-state index contributed by atoms with van der Waals surface area (Å²) >= 11 is 0. The van der Waals surface area contributed by atoms with Gasteiger partial charge in [0.2, 0.25) is 5.75 Å². The van der Waals surface area contributed by atoms with Gasteiger partial charge < -0.3 is 8.92 Å². The van der Waals surface area contributed by atoms with Gasteiger partial charge in [-0.25, -0.2) is 4.98 Å². The van der Waals surface area contributed by atoms with Gasteiger partial charge in [-0.05, 0) is 12.2 Å². The molecule has 2 heterocycles. The minimum Gasteiger partial charge on any atom is -0.482 e. The normalized spacial score (nSPS) is 14.8. The first-order chi connectivity index (χ1) is 8.31. The van der Waals surface area contributed by atoms with E-state index < -0.39 is 21.5 Å². The first-order valence-electron chi connectivity index (χ1n) is 4.46. The van der Waals surface area contributed by atoms with Gasteiger partial charge in [-0.1, -0.05) is 0 Å². The lowest BCUT2D eigenvalue weighted by Crippen LogP contribution is -2.28. The van der Waals surface area contributed by atoms with Crippen molar-refractivity contribution in [2.75, 3.05) is 6.61 Å². The van der Waals surface area contributed by atoms with E-state index in [1.807, 2.05) is 0 Å². The lowest BCUT2D eigenvalue weighted by atomic mass is 10.3. The molecule has 0 N–H and O–H groups in total. The molecule has 0 saturated carbocycles. The standard InChI is InChI=1S/C8H5F3N2O4S/c9-8(10,11)18(14,15)17-7-6-5(12-4-13-7)2-1-3-16-6/h1-2,4H,3H2. The highest BCUT2D eigenvalue weighted by Gasteiger charge is 2.49. The fourth-order valence-electron chi connectivity index (χ4n) is 1.13. The predicted octanol–water partition coefficient (Wildman–Crippen LogP) is 1.11. The molecule has 0 spiro atoms. The van der Waals surface area contributed by atoms with Crippen molar-refractivity contribution in [1.82, 2.24) is 9.97 Å². The van der Waals surface area contributed by atoms with Crippen LogP contribution in [0.3, 0.4) is 0 Å². The van der Waals surface area contributed by atoms with Crippen molar-refractivity contribution in [2.24, 2.45) is 0 Å². The van der Waals surface area contributed by atoms with Crippen LogP contribution < -0.4 is 8.92 Å². The summed E-state index contributed by atoms with van der Waals surface area (Å²) in [5.41, 5.74) is -5.39. The molecule has 1 aromatic rings. The number of halogens is 3. The minimum absolute atomic E-state index is 0.0583. The SMILES string of the molecule is O=S(=O)(Oc1ncnc2c1OCC=C2)C(F)(F)F. The Morgan fingerprint density at radius 3 is 2.72 bits per heavy atom. The van der Waals surface area contributed by atoms with E-state index in [4.69, 9.17) is 4.74 Å². The Balaban J connectivity index is 2.40. The molecule has 0 amide bonds. The molecule has 0 unspecified atom stereocenters. The quantitative estimate of drug-likeness (QED) is 0.597. The van der Waals surface area contributed by atoms with Crippen LogP contribution >= 0.6 is 0 Å². The van der Waals surface area contributed by atoms with Gasteiger partial charge >= 0.3 is 15.6 Å². The summed E-state index contributed by atoms with van der Waals surface area (Å²) < 4.78 is 66.9. The third kappa shape index (κ3) is 2.23. The van der Waals surface area contributed by atoms with Gasteiger partial charge in [0.05, 0.1) is 0 Å². The molecule has 0 radical (unpaired) electrons. The molecule has 0 aromatic carbocycles. The lowest BCUT2D eigenvalue weighted by Gasteiger charge is -2.15. The van der Waals surface area contributed by atoms with Crippen molar-refractivity contribution in [3.8, 4) is 11.6 Å². The summed E-state index contributed by atoms with van der Waals surface area (Å²) in [4.78, 5) is 7.01. The average molecular weight is 282 g/mol. The van der Waals surface area contributed by atoms with E-state index in [1.54, 1.807) is 6.08 Å². The molecule has 0 atom stereocenters. The predicted molar refractivity (Wildman–Crippen MR) is 52.2 cm³/mol. The fraction of sp³-hybridized carbons (Fsp3) is 0.250. The van der Waals surface area contributed by atoms with Crippen molar-refractivity contribution < 1.29 is 30.5 Å². The maximum absolute atomic E-state index is 12.1. The molecular weight excluding hydrogens is 277 g/mol. The average Bonchev–Trinajstić information content (AvgIpc) is 2.27. The molecular formula is C8H5F3N2O4S. The summed E-state index contributed by atoms with van der Waals surface area (Å²) in [6, 6.07) is 0.